The topological polar surface area (TPSA) is 57.6 Å². The van der Waals surface area contributed by atoms with Crippen LogP contribution in [-0.2, 0) is 16.0 Å². The summed E-state index contributed by atoms with van der Waals surface area (Å²) in [5, 5.41) is 9.17. The molecule has 1 heterocycles. The number of amides is 1. The van der Waals surface area contributed by atoms with E-state index >= 15 is 0 Å². The highest BCUT2D eigenvalue weighted by molar-refractivity contribution is 9.10. The summed E-state index contributed by atoms with van der Waals surface area (Å²) in [6.07, 6.45) is 2.56. The quantitative estimate of drug-likeness (QED) is 0.928. The molecular weight excluding hydrogens is 310 g/mol. The fourth-order valence-electron chi connectivity index (χ4n) is 2.41. The van der Waals surface area contributed by atoms with Crippen molar-refractivity contribution in [3.63, 3.8) is 0 Å². The zero-order valence-electron chi connectivity index (χ0n) is 10.5. The molecule has 1 saturated heterocycles. The maximum atomic E-state index is 12.2. The number of carbonyl (C=O) groups is 2. The predicted molar refractivity (Wildman–Crippen MR) is 74.8 cm³/mol. The van der Waals surface area contributed by atoms with Gasteiger partial charge in [0.25, 0.3) is 0 Å². The number of nitrogens with zero attached hydrogens (tertiary/aromatic N) is 1. The molecule has 19 heavy (non-hydrogen) atoms. The third kappa shape index (κ3) is 3.56. The van der Waals surface area contributed by atoms with Gasteiger partial charge in [-0.25, -0.2) is 4.79 Å². The highest BCUT2D eigenvalue weighted by Crippen LogP contribution is 2.19. The van der Waals surface area contributed by atoms with E-state index in [1.807, 2.05) is 24.3 Å². The fourth-order valence-corrected chi connectivity index (χ4v) is 2.86. The van der Waals surface area contributed by atoms with Gasteiger partial charge in [-0.1, -0.05) is 28.1 Å². The van der Waals surface area contributed by atoms with Gasteiger partial charge in [0.1, 0.15) is 6.04 Å². The van der Waals surface area contributed by atoms with Gasteiger partial charge in [-0.2, -0.15) is 0 Å². The highest BCUT2D eigenvalue weighted by atomic mass is 79.9. The molecule has 1 aromatic rings. The first-order chi connectivity index (χ1) is 9.08. The van der Waals surface area contributed by atoms with E-state index in [-0.39, 0.29) is 12.3 Å². The Hall–Kier alpha value is -1.36. The number of piperidine rings is 1. The van der Waals surface area contributed by atoms with Crippen molar-refractivity contribution in [3.05, 3.63) is 34.3 Å². The van der Waals surface area contributed by atoms with Crippen molar-refractivity contribution in [2.75, 3.05) is 6.54 Å². The van der Waals surface area contributed by atoms with Gasteiger partial charge in [0, 0.05) is 11.0 Å². The van der Waals surface area contributed by atoms with Crippen LogP contribution in [0, 0.1) is 0 Å². The molecule has 102 valence electrons. The van der Waals surface area contributed by atoms with Crippen LogP contribution in [0.25, 0.3) is 0 Å². The maximum absolute atomic E-state index is 12.2. The van der Waals surface area contributed by atoms with E-state index in [1.54, 1.807) is 0 Å². The molecular formula is C14H16BrNO3. The van der Waals surface area contributed by atoms with Crippen molar-refractivity contribution in [2.24, 2.45) is 0 Å². The molecule has 1 N–H and O–H groups in total. The van der Waals surface area contributed by atoms with E-state index in [2.05, 4.69) is 15.9 Å². The Bertz CT molecular complexity index is 489. The summed E-state index contributed by atoms with van der Waals surface area (Å²) in [6, 6.07) is 6.88. The van der Waals surface area contributed by atoms with E-state index in [0.717, 1.165) is 22.9 Å². The minimum Gasteiger partial charge on any atom is -0.480 e. The average Bonchev–Trinajstić information content (AvgIpc) is 2.38. The number of rotatable bonds is 3. The Morgan fingerprint density at radius 2 is 2.16 bits per heavy atom. The van der Waals surface area contributed by atoms with Crippen molar-refractivity contribution in [3.8, 4) is 0 Å². The first-order valence-electron chi connectivity index (χ1n) is 6.34. The highest BCUT2D eigenvalue weighted by Gasteiger charge is 2.31. The molecule has 5 heteroatoms. The monoisotopic (exact) mass is 325 g/mol. The molecule has 1 amide bonds. The minimum atomic E-state index is -0.901. The fraction of sp³-hybridized carbons (Fsp3) is 0.429. The number of hydrogen-bond acceptors (Lipinski definition) is 2. The SMILES string of the molecule is O=C(O)[C@@H]1CCCCN1C(=O)Cc1cccc(Br)c1. The van der Waals surface area contributed by atoms with Crippen LogP contribution in [0.15, 0.2) is 28.7 Å². The summed E-state index contributed by atoms with van der Waals surface area (Å²) in [4.78, 5) is 24.9. The van der Waals surface area contributed by atoms with Crippen LogP contribution in [0.1, 0.15) is 24.8 Å². The lowest BCUT2D eigenvalue weighted by Gasteiger charge is -2.33. The third-order valence-electron chi connectivity index (χ3n) is 3.35. The summed E-state index contributed by atoms with van der Waals surface area (Å²) in [5.74, 6) is -1.01. The number of benzene rings is 1. The second-order valence-electron chi connectivity index (χ2n) is 4.74. The summed E-state index contributed by atoms with van der Waals surface area (Å²) in [6.45, 7) is 0.545. The molecule has 0 aromatic heterocycles. The van der Waals surface area contributed by atoms with Gasteiger partial charge in [0.05, 0.1) is 6.42 Å². The van der Waals surface area contributed by atoms with Gasteiger partial charge in [-0.3, -0.25) is 4.79 Å². The molecule has 0 unspecified atom stereocenters. The number of halogens is 1. The predicted octanol–water partition coefficient (Wildman–Crippen LogP) is 2.46. The molecule has 1 fully saturated rings. The van der Waals surface area contributed by atoms with Crippen molar-refractivity contribution in [2.45, 2.75) is 31.7 Å². The van der Waals surface area contributed by atoms with Gasteiger partial charge in [-0.05, 0) is 37.0 Å². The summed E-state index contributed by atoms with van der Waals surface area (Å²) in [7, 11) is 0. The van der Waals surface area contributed by atoms with E-state index in [9.17, 15) is 9.59 Å². The Labute approximate surface area is 120 Å². The van der Waals surface area contributed by atoms with Crippen molar-refractivity contribution >= 4 is 27.8 Å². The molecule has 0 saturated carbocycles. The van der Waals surface area contributed by atoms with E-state index in [0.29, 0.717) is 13.0 Å². The largest absolute Gasteiger partial charge is 0.480 e. The second kappa shape index (κ2) is 6.19. The Morgan fingerprint density at radius 1 is 1.37 bits per heavy atom. The van der Waals surface area contributed by atoms with Gasteiger partial charge in [0.2, 0.25) is 5.91 Å². The molecule has 0 spiro atoms. The smallest absolute Gasteiger partial charge is 0.326 e. The molecule has 1 aliphatic heterocycles. The standard InChI is InChI=1S/C14H16BrNO3/c15-11-5-3-4-10(8-11)9-13(17)16-7-2-1-6-12(16)14(18)19/h3-5,8,12H,1-2,6-7,9H2,(H,18,19)/t12-/m0/s1. The summed E-state index contributed by atoms with van der Waals surface area (Å²) >= 11 is 3.36. The Morgan fingerprint density at radius 3 is 2.84 bits per heavy atom. The zero-order valence-corrected chi connectivity index (χ0v) is 12.1. The number of hydrogen-bond donors (Lipinski definition) is 1. The van der Waals surface area contributed by atoms with Crippen LogP contribution in [0.2, 0.25) is 0 Å². The van der Waals surface area contributed by atoms with Crippen LogP contribution in [0.4, 0.5) is 0 Å². The lowest BCUT2D eigenvalue weighted by molar-refractivity contribution is -0.151. The van der Waals surface area contributed by atoms with E-state index in [1.165, 1.54) is 4.90 Å². The lowest BCUT2D eigenvalue weighted by Crippen LogP contribution is -2.48. The maximum Gasteiger partial charge on any atom is 0.326 e. The molecule has 0 aliphatic carbocycles. The molecule has 1 aromatic carbocycles. The van der Waals surface area contributed by atoms with Crippen LogP contribution < -0.4 is 0 Å². The molecule has 2 rings (SSSR count). The van der Waals surface area contributed by atoms with Crippen LogP contribution >= 0.6 is 15.9 Å². The Balaban J connectivity index is 2.07. The third-order valence-corrected chi connectivity index (χ3v) is 3.85. The van der Waals surface area contributed by atoms with Gasteiger partial charge < -0.3 is 10.0 Å². The summed E-state index contributed by atoms with van der Waals surface area (Å²) in [5.41, 5.74) is 0.897. The number of carbonyl (C=O) groups excluding carboxylic acids is 1. The zero-order chi connectivity index (χ0) is 13.8. The van der Waals surface area contributed by atoms with Crippen molar-refractivity contribution < 1.29 is 14.7 Å². The van der Waals surface area contributed by atoms with E-state index in [4.69, 9.17) is 5.11 Å². The molecule has 1 aliphatic rings. The molecule has 1 atom stereocenters. The first kappa shape index (κ1) is 14.1. The number of likely N-dealkylation sites (tertiary alicyclic amines) is 1. The van der Waals surface area contributed by atoms with Crippen LogP contribution in [-0.4, -0.2) is 34.5 Å². The molecule has 4 nitrogen and oxygen atoms in total. The average molecular weight is 326 g/mol. The van der Waals surface area contributed by atoms with E-state index < -0.39 is 12.0 Å². The van der Waals surface area contributed by atoms with Gasteiger partial charge >= 0.3 is 5.97 Å². The Kier molecular flexibility index (Phi) is 4.58. The summed E-state index contributed by atoms with van der Waals surface area (Å²) < 4.78 is 0.922. The van der Waals surface area contributed by atoms with Crippen LogP contribution in [0.5, 0.6) is 0 Å². The van der Waals surface area contributed by atoms with Crippen LogP contribution in [0.3, 0.4) is 0 Å². The number of aliphatic carboxylic acids is 1. The minimum absolute atomic E-state index is 0.106. The van der Waals surface area contributed by atoms with Crippen molar-refractivity contribution in [1.29, 1.82) is 0 Å². The first-order valence-corrected chi connectivity index (χ1v) is 7.14. The van der Waals surface area contributed by atoms with Gasteiger partial charge in [0.15, 0.2) is 0 Å². The number of carboxylic acids is 1. The van der Waals surface area contributed by atoms with Crippen molar-refractivity contribution in [1.82, 2.24) is 4.90 Å². The molecule has 0 bridgehead atoms. The lowest BCUT2D eigenvalue weighted by atomic mass is 10.0. The molecule has 0 radical (unpaired) electrons. The van der Waals surface area contributed by atoms with Gasteiger partial charge in [-0.15, -0.1) is 0 Å². The normalized spacial score (nSPS) is 19.2. The number of carboxylic acid groups (broad SMARTS) is 1. The second-order valence-corrected chi connectivity index (χ2v) is 5.66.